The van der Waals surface area contributed by atoms with Gasteiger partial charge in [0.25, 0.3) is 0 Å². The highest BCUT2D eigenvalue weighted by Gasteiger charge is 2.19. The lowest BCUT2D eigenvalue weighted by Gasteiger charge is -2.31. The molecule has 2 nitrogen and oxygen atoms in total. The Morgan fingerprint density at radius 3 is 2.72 bits per heavy atom. The minimum Gasteiger partial charge on any atom is -0.299 e. The summed E-state index contributed by atoms with van der Waals surface area (Å²) in [7, 11) is 2.07. The van der Waals surface area contributed by atoms with Crippen LogP contribution in [0.15, 0.2) is 18.2 Å². The van der Waals surface area contributed by atoms with E-state index in [0.29, 0.717) is 18.2 Å². The van der Waals surface area contributed by atoms with Gasteiger partial charge in [0.15, 0.2) is 0 Å². The zero-order valence-corrected chi connectivity index (χ0v) is 10.8. The third-order valence-electron chi connectivity index (χ3n) is 3.81. The first-order chi connectivity index (χ1) is 8.70. The molecule has 0 spiro atoms. The van der Waals surface area contributed by atoms with Gasteiger partial charge >= 0.3 is 0 Å². The van der Waals surface area contributed by atoms with E-state index in [9.17, 15) is 4.39 Å². The second-order valence-electron chi connectivity index (χ2n) is 5.12. The number of nitriles is 1. The molecule has 1 aliphatic rings. The van der Waals surface area contributed by atoms with Crippen LogP contribution in [0.25, 0.3) is 0 Å². The summed E-state index contributed by atoms with van der Waals surface area (Å²) in [6.45, 7) is 0.658. The van der Waals surface area contributed by atoms with Gasteiger partial charge in [0.1, 0.15) is 5.82 Å². The molecule has 18 heavy (non-hydrogen) atoms. The standard InChI is InChI=1S/C15H19FN2/c1-18(15-5-3-2-4-6-15)11-13-9-14(16)8-7-12(13)10-17/h7-9,15H,2-6,11H2,1H3. The molecule has 1 aromatic carbocycles. The monoisotopic (exact) mass is 246 g/mol. The second-order valence-corrected chi connectivity index (χ2v) is 5.12. The van der Waals surface area contributed by atoms with Crippen LogP contribution in [0.3, 0.4) is 0 Å². The van der Waals surface area contributed by atoms with Crippen molar-refractivity contribution < 1.29 is 4.39 Å². The molecule has 1 fully saturated rings. The molecule has 0 heterocycles. The van der Waals surface area contributed by atoms with Crippen molar-refractivity contribution in [1.29, 1.82) is 5.26 Å². The fraction of sp³-hybridized carbons (Fsp3) is 0.533. The highest BCUT2D eigenvalue weighted by Crippen LogP contribution is 2.23. The van der Waals surface area contributed by atoms with Crippen LogP contribution >= 0.6 is 0 Å². The Bertz CT molecular complexity index is 444. The predicted octanol–water partition coefficient (Wildman–Crippen LogP) is 3.46. The van der Waals surface area contributed by atoms with E-state index in [1.165, 1.54) is 44.2 Å². The summed E-state index contributed by atoms with van der Waals surface area (Å²) >= 11 is 0. The Morgan fingerprint density at radius 1 is 1.33 bits per heavy atom. The first-order valence-corrected chi connectivity index (χ1v) is 6.59. The maximum Gasteiger partial charge on any atom is 0.123 e. The lowest BCUT2D eigenvalue weighted by atomic mass is 9.94. The van der Waals surface area contributed by atoms with E-state index in [1.807, 2.05) is 0 Å². The fourth-order valence-corrected chi connectivity index (χ4v) is 2.72. The molecule has 0 unspecified atom stereocenters. The summed E-state index contributed by atoms with van der Waals surface area (Å²) in [5, 5.41) is 9.04. The molecule has 0 bridgehead atoms. The van der Waals surface area contributed by atoms with Crippen LogP contribution in [0.5, 0.6) is 0 Å². The lowest BCUT2D eigenvalue weighted by molar-refractivity contribution is 0.184. The van der Waals surface area contributed by atoms with Crippen LogP contribution in [0.4, 0.5) is 4.39 Å². The molecule has 0 radical (unpaired) electrons. The van der Waals surface area contributed by atoms with E-state index in [2.05, 4.69) is 18.0 Å². The zero-order valence-electron chi connectivity index (χ0n) is 10.8. The summed E-state index contributed by atoms with van der Waals surface area (Å²) in [6.07, 6.45) is 6.32. The molecule has 0 N–H and O–H groups in total. The molecule has 1 aromatic rings. The highest BCUT2D eigenvalue weighted by molar-refractivity contribution is 5.37. The van der Waals surface area contributed by atoms with Crippen molar-refractivity contribution in [2.24, 2.45) is 0 Å². The third-order valence-corrected chi connectivity index (χ3v) is 3.81. The number of benzene rings is 1. The van der Waals surface area contributed by atoms with E-state index in [1.54, 1.807) is 6.07 Å². The molecule has 0 aliphatic heterocycles. The first-order valence-electron chi connectivity index (χ1n) is 6.59. The summed E-state index contributed by atoms with van der Waals surface area (Å²) in [5.74, 6) is -0.263. The average Bonchev–Trinajstić information content (AvgIpc) is 2.40. The SMILES string of the molecule is CN(Cc1cc(F)ccc1C#N)C1CCCCC1. The van der Waals surface area contributed by atoms with Crippen molar-refractivity contribution in [3.8, 4) is 6.07 Å². The van der Waals surface area contributed by atoms with Gasteiger partial charge in [-0.15, -0.1) is 0 Å². The van der Waals surface area contributed by atoms with Crippen molar-refractivity contribution >= 4 is 0 Å². The van der Waals surface area contributed by atoms with Crippen LogP contribution in [0.2, 0.25) is 0 Å². The number of rotatable bonds is 3. The van der Waals surface area contributed by atoms with Gasteiger partial charge in [0, 0.05) is 12.6 Å². The van der Waals surface area contributed by atoms with Gasteiger partial charge in [-0.05, 0) is 43.7 Å². The van der Waals surface area contributed by atoms with Gasteiger partial charge in [-0.25, -0.2) is 4.39 Å². The Balaban J connectivity index is 2.08. The number of hydrogen-bond donors (Lipinski definition) is 0. The van der Waals surface area contributed by atoms with Gasteiger partial charge in [0.05, 0.1) is 11.6 Å². The summed E-state index contributed by atoms with van der Waals surface area (Å²) in [4.78, 5) is 2.26. The number of hydrogen-bond acceptors (Lipinski definition) is 2. The third kappa shape index (κ3) is 3.08. The van der Waals surface area contributed by atoms with Crippen molar-refractivity contribution in [3.63, 3.8) is 0 Å². The molecule has 0 saturated heterocycles. The minimum absolute atomic E-state index is 0.263. The number of halogens is 1. The largest absolute Gasteiger partial charge is 0.299 e. The van der Waals surface area contributed by atoms with E-state index >= 15 is 0 Å². The molecule has 96 valence electrons. The Kier molecular flexibility index (Phi) is 4.33. The predicted molar refractivity (Wildman–Crippen MR) is 69.5 cm³/mol. The Morgan fingerprint density at radius 2 is 2.06 bits per heavy atom. The second kappa shape index (κ2) is 5.97. The van der Waals surface area contributed by atoms with Crippen LogP contribution in [0, 0.1) is 17.1 Å². The van der Waals surface area contributed by atoms with Crippen LogP contribution in [-0.4, -0.2) is 18.0 Å². The van der Waals surface area contributed by atoms with Crippen molar-refractivity contribution in [2.75, 3.05) is 7.05 Å². The van der Waals surface area contributed by atoms with Gasteiger partial charge in [-0.2, -0.15) is 5.26 Å². The molecular formula is C15H19FN2. The molecule has 3 heteroatoms. The molecular weight excluding hydrogens is 227 g/mol. The van der Waals surface area contributed by atoms with E-state index < -0.39 is 0 Å². The lowest BCUT2D eigenvalue weighted by Crippen LogP contribution is -2.33. The van der Waals surface area contributed by atoms with E-state index in [4.69, 9.17) is 5.26 Å². The molecule has 2 rings (SSSR count). The topological polar surface area (TPSA) is 27.0 Å². The van der Waals surface area contributed by atoms with Crippen molar-refractivity contribution in [1.82, 2.24) is 4.90 Å². The van der Waals surface area contributed by atoms with E-state index in [0.717, 1.165) is 5.56 Å². The van der Waals surface area contributed by atoms with Gasteiger partial charge in [-0.3, -0.25) is 4.90 Å². The van der Waals surface area contributed by atoms with E-state index in [-0.39, 0.29) is 5.82 Å². The minimum atomic E-state index is -0.263. The van der Waals surface area contributed by atoms with Crippen molar-refractivity contribution in [2.45, 2.75) is 44.7 Å². The average molecular weight is 246 g/mol. The van der Waals surface area contributed by atoms with Gasteiger partial charge < -0.3 is 0 Å². The summed E-state index contributed by atoms with van der Waals surface area (Å²) in [5.41, 5.74) is 1.38. The van der Waals surface area contributed by atoms with Crippen LogP contribution in [-0.2, 0) is 6.54 Å². The fourth-order valence-electron chi connectivity index (χ4n) is 2.72. The first kappa shape index (κ1) is 13.0. The molecule has 0 amide bonds. The summed E-state index contributed by atoms with van der Waals surface area (Å²) in [6, 6.07) is 7.12. The summed E-state index contributed by atoms with van der Waals surface area (Å²) < 4.78 is 13.2. The number of nitrogens with zero attached hydrogens (tertiary/aromatic N) is 2. The smallest absolute Gasteiger partial charge is 0.123 e. The molecule has 1 aliphatic carbocycles. The highest BCUT2D eigenvalue weighted by atomic mass is 19.1. The molecule has 0 aromatic heterocycles. The van der Waals surface area contributed by atoms with Gasteiger partial charge in [-0.1, -0.05) is 19.3 Å². The maximum atomic E-state index is 13.2. The Hall–Kier alpha value is -1.40. The zero-order chi connectivity index (χ0) is 13.0. The van der Waals surface area contributed by atoms with Crippen molar-refractivity contribution in [3.05, 3.63) is 35.1 Å². The van der Waals surface area contributed by atoms with Gasteiger partial charge in [0.2, 0.25) is 0 Å². The van der Waals surface area contributed by atoms with Crippen LogP contribution in [0.1, 0.15) is 43.2 Å². The van der Waals surface area contributed by atoms with Crippen LogP contribution < -0.4 is 0 Å². The molecule has 1 saturated carbocycles. The quantitative estimate of drug-likeness (QED) is 0.816. The molecule has 0 atom stereocenters. The maximum absolute atomic E-state index is 13.2. The normalized spacial score (nSPS) is 16.8. The Labute approximate surface area is 108 Å².